The molecule has 0 saturated heterocycles. The van der Waals surface area contributed by atoms with E-state index in [0.717, 1.165) is 12.8 Å². The first-order valence-corrected chi connectivity index (χ1v) is 6.33. The van der Waals surface area contributed by atoms with Crippen LogP contribution in [0.5, 0.6) is 0 Å². The fraction of sp³-hybridized carbons (Fsp3) is 0.923. The van der Waals surface area contributed by atoms with Crippen molar-refractivity contribution in [2.45, 2.75) is 44.8 Å². The zero-order valence-electron chi connectivity index (χ0n) is 11.6. The van der Waals surface area contributed by atoms with Crippen LogP contribution in [0.2, 0.25) is 0 Å². The molecule has 18 heavy (non-hydrogen) atoms. The van der Waals surface area contributed by atoms with Crippen molar-refractivity contribution in [3.8, 4) is 6.07 Å². The molecule has 2 atom stereocenters. The predicted octanol–water partition coefficient (Wildman–Crippen LogP) is 1.50. The molecule has 0 bridgehead atoms. The third kappa shape index (κ3) is 8.43. The van der Waals surface area contributed by atoms with Crippen LogP contribution in [0.4, 0.5) is 0 Å². The van der Waals surface area contributed by atoms with E-state index in [1.807, 2.05) is 13.0 Å². The lowest BCUT2D eigenvalue weighted by molar-refractivity contribution is -0.0496. The Morgan fingerprint density at radius 3 is 2.39 bits per heavy atom. The van der Waals surface area contributed by atoms with Crippen molar-refractivity contribution in [3.63, 3.8) is 0 Å². The zero-order valence-corrected chi connectivity index (χ0v) is 11.6. The van der Waals surface area contributed by atoms with E-state index in [0.29, 0.717) is 19.6 Å². The number of aliphatic hydroxyl groups excluding tert-OH is 1. The standard InChI is InChI=1S/C13H25NO4/c1-4-13(2,16-3)6-9-18-11-12(15)10-17-8-5-7-14/h12,15H,4-6,8-11H2,1-3H3. The molecular formula is C13H25NO4. The Kier molecular flexibility index (Phi) is 9.89. The summed E-state index contributed by atoms with van der Waals surface area (Å²) in [5.74, 6) is 0. The third-order valence-corrected chi connectivity index (χ3v) is 2.99. The van der Waals surface area contributed by atoms with Gasteiger partial charge in [0.2, 0.25) is 0 Å². The number of nitrogens with zero attached hydrogens (tertiary/aromatic N) is 1. The van der Waals surface area contributed by atoms with E-state index < -0.39 is 6.10 Å². The molecule has 0 spiro atoms. The van der Waals surface area contributed by atoms with Crippen molar-refractivity contribution in [2.24, 2.45) is 0 Å². The topological polar surface area (TPSA) is 71.7 Å². The molecule has 5 nitrogen and oxygen atoms in total. The minimum atomic E-state index is -0.640. The van der Waals surface area contributed by atoms with Gasteiger partial charge in [0.25, 0.3) is 0 Å². The van der Waals surface area contributed by atoms with E-state index in [1.54, 1.807) is 7.11 Å². The van der Waals surface area contributed by atoms with E-state index in [2.05, 4.69) is 6.92 Å². The summed E-state index contributed by atoms with van der Waals surface area (Å²) >= 11 is 0. The number of rotatable bonds is 11. The number of ether oxygens (including phenoxy) is 3. The Bertz CT molecular complexity index is 236. The van der Waals surface area contributed by atoms with Crippen LogP contribution in [0.1, 0.15) is 33.1 Å². The summed E-state index contributed by atoms with van der Waals surface area (Å²) in [6, 6.07) is 1.97. The number of hydrogen-bond acceptors (Lipinski definition) is 5. The molecule has 0 aromatic heterocycles. The van der Waals surface area contributed by atoms with Crippen molar-refractivity contribution >= 4 is 0 Å². The normalized spacial score (nSPS) is 15.9. The van der Waals surface area contributed by atoms with Crippen LogP contribution in [0.15, 0.2) is 0 Å². The van der Waals surface area contributed by atoms with Crippen molar-refractivity contribution < 1.29 is 19.3 Å². The highest BCUT2D eigenvalue weighted by Gasteiger charge is 2.20. The summed E-state index contributed by atoms with van der Waals surface area (Å²) in [4.78, 5) is 0. The van der Waals surface area contributed by atoms with Gasteiger partial charge in [0.1, 0.15) is 6.10 Å². The highest BCUT2D eigenvalue weighted by atomic mass is 16.5. The minimum Gasteiger partial charge on any atom is -0.388 e. The average Bonchev–Trinajstić information content (AvgIpc) is 2.39. The van der Waals surface area contributed by atoms with Crippen LogP contribution in [0.25, 0.3) is 0 Å². The maximum Gasteiger partial charge on any atom is 0.101 e. The number of hydrogen-bond donors (Lipinski definition) is 1. The fourth-order valence-corrected chi connectivity index (χ4v) is 1.32. The highest BCUT2D eigenvalue weighted by Crippen LogP contribution is 2.18. The molecule has 106 valence electrons. The lowest BCUT2D eigenvalue weighted by Gasteiger charge is -2.26. The van der Waals surface area contributed by atoms with Crippen LogP contribution < -0.4 is 0 Å². The lowest BCUT2D eigenvalue weighted by Crippen LogP contribution is -2.29. The predicted molar refractivity (Wildman–Crippen MR) is 68.2 cm³/mol. The second-order valence-corrected chi connectivity index (χ2v) is 4.47. The van der Waals surface area contributed by atoms with Gasteiger partial charge in [-0.25, -0.2) is 0 Å². The van der Waals surface area contributed by atoms with E-state index in [1.165, 1.54) is 0 Å². The number of methoxy groups -OCH3 is 1. The first-order chi connectivity index (χ1) is 8.58. The monoisotopic (exact) mass is 259 g/mol. The van der Waals surface area contributed by atoms with Gasteiger partial charge in [0, 0.05) is 13.7 Å². The van der Waals surface area contributed by atoms with E-state index >= 15 is 0 Å². The van der Waals surface area contributed by atoms with E-state index in [4.69, 9.17) is 19.5 Å². The van der Waals surface area contributed by atoms with Crippen LogP contribution in [0.3, 0.4) is 0 Å². The Balaban J connectivity index is 3.51. The Morgan fingerprint density at radius 1 is 1.28 bits per heavy atom. The molecule has 0 fully saturated rings. The summed E-state index contributed by atoms with van der Waals surface area (Å²) in [5.41, 5.74) is -0.158. The second-order valence-electron chi connectivity index (χ2n) is 4.47. The summed E-state index contributed by atoms with van der Waals surface area (Å²) < 4.78 is 15.9. The third-order valence-electron chi connectivity index (χ3n) is 2.99. The first kappa shape index (κ1) is 17.3. The average molecular weight is 259 g/mol. The molecule has 0 aromatic rings. The fourth-order valence-electron chi connectivity index (χ4n) is 1.32. The van der Waals surface area contributed by atoms with Gasteiger partial charge in [-0.05, 0) is 19.8 Å². The van der Waals surface area contributed by atoms with E-state index in [9.17, 15) is 5.11 Å². The maximum absolute atomic E-state index is 9.53. The molecule has 0 aliphatic rings. The quantitative estimate of drug-likeness (QED) is 0.569. The summed E-state index contributed by atoms with van der Waals surface area (Å²) in [7, 11) is 1.70. The Labute approximate surface area is 110 Å². The second kappa shape index (κ2) is 10.3. The molecular weight excluding hydrogens is 234 g/mol. The minimum absolute atomic E-state index is 0.158. The molecule has 1 N–H and O–H groups in total. The molecule has 0 saturated carbocycles. The Morgan fingerprint density at radius 2 is 1.89 bits per heavy atom. The molecule has 2 unspecified atom stereocenters. The van der Waals surface area contributed by atoms with Gasteiger partial charge >= 0.3 is 0 Å². The maximum atomic E-state index is 9.53. The van der Waals surface area contributed by atoms with Gasteiger partial charge in [0.15, 0.2) is 0 Å². The van der Waals surface area contributed by atoms with Crippen molar-refractivity contribution in [1.29, 1.82) is 5.26 Å². The van der Waals surface area contributed by atoms with Crippen LogP contribution in [0, 0.1) is 11.3 Å². The molecule has 0 radical (unpaired) electrons. The van der Waals surface area contributed by atoms with Crippen molar-refractivity contribution in [2.75, 3.05) is 33.5 Å². The van der Waals surface area contributed by atoms with Gasteiger partial charge in [-0.1, -0.05) is 6.92 Å². The first-order valence-electron chi connectivity index (χ1n) is 6.33. The van der Waals surface area contributed by atoms with Gasteiger partial charge in [-0.15, -0.1) is 0 Å². The highest BCUT2D eigenvalue weighted by molar-refractivity contribution is 4.72. The largest absolute Gasteiger partial charge is 0.388 e. The van der Waals surface area contributed by atoms with E-state index in [-0.39, 0.29) is 18.8 Å². The van der Waals surface area contributed by atoms with Crippen molar-refractivity contribution in [1.82, 2.24) is 0 Å². The summed E-state index contributed by atoms with van der Waals surface area (Å²) in [6.45, 7) is 5.46. The SMILES string of the molecule is CCC(C)(CCOCC(O)COCCC#N)OC. The molecule has 0 amide bonds. The number of aliphatic hydroxyl groups is 1. The lowest BCUT2D eigenvalue weighted by atomic mass is 10.00. The molecule has 0 aromatic carbocycles. The molecule has 0 rings (SSSR count). The molecule has 5 heteroatoms. The van der Waals surface area contributed by atoms with Crippen LogP contribution in [-0.4, -0.2) is 50.3 Å². The van der Waals surface area contributed by atoms with Gasteiger partial charge in [-0.3, -0.25) is 0 Å². The van der Waals surface area contributed by atoms with Gasteiger partial charge in [0.05, 0.1) is 37.9 Å². The Hall–Kier alpha value is -0.670. The smallest absolute Gasteiger partial charge is 0.101 e. The molecule has 0 aliphatic heterocycles. The van der Waals surface area contributed by atoms with Gasteiger partial charge < -0.3 is 19.3 Å². The van der Waals surface area contributed by atoms with Crippen LogP contribution in [-0.2, 0) is 14.2 Å². The molecule has 0 heterocycles. The zero-order chi connectivity index (χ0) is 13.9. The van der Waals surface area contributed by atoms with Crippen molar-refractivity contribution in [3.05, 3.63) is 0 Å². The summed E-state index contributed by atoms with van der Waals surface area (Å²) in [6.07, 6.45) is 1.42. The van der Waals surface area contributed by atoms with Gasteiger partial charge in [-0.2, -0.15) is 5.26 Å². The summed E-state index contributed by atoms with van der Waals surface area (Å²) in [5, 5.41) is 17.8. The number of nitriles is 1. The molecule has 0 aliphatic carbocycles. The van der Waals surface area contributed by atoms with Crippen LogP contribution >= 0.6 is 0 Å².